The lowest BCUT2D eigenvalue weighted by atomic mass is 9.97. The SMILES string of the molecule is CCOC(=O)C(C)(CCCSc1nccc(=O)[nH]1)NC. The van der Waals surface area contributed by atoms with Crippen molar-refractivity contribution >= 4 is 17.7 Å². The molecule has 0 fully saturated rings. The van der Waals surface area contributed by atoms with E-state index in [0.29, 0.717) is 18.2 Å². The molecule has 0 bridgehead atoms. The summed E-state index contributed by atoms with van der Waals surface area (Å²) in [4.78, 5) is 29.7. The van der Waals surface area contributed by atoms with Gasteiger partial charge in [-0.25, -0.2) is 4.98 Å². The van der Waals surface area contributed by atoms with Crippen LogP contribution in [0.5, 0.6) is 0 Å². The Morgan fingerprint density at radius 1 is 1.60 bits per heavy atom. The Labute approximate surface area is 122 Å². The summed E-state index contributed by atoms with van der Waals surface area (Å²) in [5.74, 6) is 0.530. The van der Waals surface area contributed by atoms with Gasteiger partial charge in [0.05, 0.1) is 6.61 Å². The minimum absolute atomic E-state index is 0.158. The second kappa shape index (κ2) is 8.06. The molecule has 7 heteroatoms. The van der Waals surface area contributed by atoms with Gasteiger partial charge >= 0.3 is 5.97 Å². The number of ether oxygens (including phenoxy) is 1. The summed E-state index contributed by atoms with van der Waals surface area (Å²) in [6.07, 6.45) is 2.95. The summed E-state index contributed by atoms with van der Waals surface area (Å²) in [6, 6.07) is 1.38. The highest BCUT2D eigenvalue weighted by molar-refractivity contribution is 7.99. The Kier molecular flexibility index (Phi) is 6.74. The van der Waals surface area contributed by atoms with E-state index in [4.69, 9.17) is 4.74 Å². The summed E-state index contributed by atoms with van der Waals surface area (Å²) in [7, 11) is 1.75. The molecule has 1 rings (SSSR count). The van der Waals surface area contributed by atoms with E-state index in [-0.39, 0.29) is 11.5 Å². The largest absolute Gasteiger partial charge is 0.465 e. The standard InChI is InChI=1S/C13H21N3O3S/c1-4-19-11(18)13(2,14-3)7-5-9-20-12-15-8-6-10(17)16-12/h6,8,14H,4-5,7,9H2,1-3H3,(H,15,16,17). The van der Waals surface area contributed by atoms with Gasteiger partial charge in [0.15, 0.2) is 5.16 Å². The third kappa shape index (κ3) is 4.97. The first kappa shape index (κ1) is 16.7. The molecule has 1 heterocycles. The van der Waals surface area contributed by atoms with Gasteiger partial charge in [-0.05, 0) is 33.7 Å². The number of likely N-dealkylation sites (N-methyl/N-ethyl adjacent to an activating group) is 1. The molecule has 2 N–H and O–H groups in total. The van der Waals surface area contributed by atoms with Crippen LogP contribution in [0.4, 0.5) is 0 Å². The Morgan fingerprint density at radius 2 is 2.35 bits per heavy atom. The summed E-state index contributed by atoms with van der Waals surface area (Å²) in [5, 5.41) is 3.61. The van der Waals surface area contributed by atoms with Gasteiger partial charge < -0.3 is 15.0 Å². The molecule has 1 aromatic rings. The quantitative estimate of drug-likeness (QED) is 0.324. The normalized spacial score (nSPS) is 13.8. The van der Waals surface area contributed by atoms with Crippen LogP contribution in [0.1, 0.15) is 26.7 Å². The number of nitrogens with one attached hydrogen (secondary N) is 2. The van der Waals surface area contributed by atoms with Crippen molar-refractivity contribution in [3.8, 4) is 0 Å². The fraction of sp³-hybridized carbons (Fsp3) is 0.615. The third-order valence-corrected chi connectivity index (χ3v) is 3.96. The molecular weight excluding hydrogens is 278 g/mol. The fourth-order valence-corrected chi connectivity index (χ4v) is 2.43. The molecule has 20 heavy (non-hydrogen) atoms. The topological polar surface area (TPSA) is 84.1 Å². The van der Waals surface area contributed by atoms with Gasteiger partial charge in [0.25, 0.3) is 5.56 Å². The highest BCUT2D eigenvalue weighted by Gasteiger charge is 2.32. The Bertz CT molecular complexity index is 492. The van der Waals surface area contributed by atoms with E-state index in [1.54, 1.807) is 14.0 Å². The van der Waals surface area contributed by atoms with Crippen molar-refractivity contribution in [3.05, 3.63) is 22.6 Å². The van der Waals surface area contributed by atoms with Gasteiger partial charge in [-0.1, -0.05) is 11.8 Å². The van der Waals surface area contributed by atoms with Crippen molar-refractivity contribution in [3.63, 3.8) is 0 Å². The second-order valence-corrected chi connectivity index (χ2v) is 5.58. The first-order chi connectivity index (χ1) is 9.51. The van der Waals surface area contributed by atoms with Crippen LogP contribution in [0.3, 0.4) is 0 Å². The number of thioether (sulfide) groups is 1. The number of carbonyl (C=O) groups excluding carboxylic acids is 1. The van der Waals surface area contributed by atoms with Gasteiger partial charge in [-0.2, -0.15) is 0 Å². The Balaban J connectivity index is 2.42. The van der Waals surface area contributed by atoms with Crippen molar-refractivity contribution in [1.29, 1.82) is 0 Å². The number of aromatic amines is 1. The number of H-pyrrole nitrogens is 1. The van der Waals surface area contributed by atoms with Gasteiger partial charge in [0.1, 0.15) is 5.54 Å². The van der Waals surface area contributed by atoms with Crippen LogP contribution in [0, 0.1) is 0 Å². The molecule has 0 saturated carbocycles. The maximum absolute atomic E-state index is 11.9. The number of hydrogen-bond donors (Lipinski definition) is 2. The number of aromatic nitrogens is 2. The van der Waals surface area contributed by atoms with E-state index in [9.17, 15) is 9.59 Å². The van der Waals surface area contributed by atoms with E-state index in [1.807, 2.05) is 6.92 Å². The van der Waals surface area contributed by atoms with Crippen molar-refractivity contribution < 1.29 is 9.53 Å². The molecule has 0 aliphatic carbocycles. The van der Waals surface area contributed by atoms with E-state index in [0.717, 1.165) is 12.2 Å². The number of nitrogens with zero attached hydrogens (tertiary/aromatic N) is 1. The predicted molar refractivity (Wildman–Crippen MR) is 78.9 cm³/mol. The molecule has 0 radical (unpaired) electrons. The van der Waals surface area contributed by atoms with Crippen molar-refractivity contribution in [2.24, 2.45) is 0 Å². The molecule has 0 aliphatic heterocycles. The zero-order valence-electron chi connectivity index (χ0n) is 12.1. The molecule has 0 amide bonds. The number of rotatable bonds is 8. The average molecular weight is 299 g/mol. The molecule has 0 aliphatic rings. The summed E-state index contributed by atoms with van der Waals surface area (Å²) in [6.45, 7) is 4.00. The minimum Gasteiger partial charge on any atom is -0.465 e. The molecule has 1 aromatic heterocycles. The Morgan fingerprint density at radius 3 is 2.95 bits per heavy atom. The fourth-order valence-electron chi connectivity index (χ4n) is 1.64. The van der Waals surface area contributed by atoms with Crippen LogP contribution in [-0.2, 0) is 9.53 Å². The highest BCUT2D eigenvalue weighted by atomic mass is 32.2. The summed E-state index contributed by atoms with van der Waals surface area (Å²) in [5.41, 5.74) is -0.831. The molecule has 0 aromatic carbocycles. The zero-order chi connectivity index (χ0) is 15.0. The van der Waals surface area contributed by atoms with Crippen LogP contribution in [0.2, 0.25) is 0 Å². The van der Waals surface area contributed by atoms with Crippen LogP contribution in [0.25, 0.3) is 0 Å². The van der Waals surface area contributed by atoms with Crippen LogP contribution in [0.15, 0.2) is 22.2 Å². The van der Waals surface area contributed by atoms with E-state index >= 15 is 0 Å². The van der Waals surface area contributed by atoms with Crippen LogP contribution < -0.4 is 10.9 Å². The molecule has 1 unspecified atom stereocenters. The van der Waals surface area contributed by atoms with E-state index in [1.165, 1.54) is 24.0 Å². The lowest BCUT2D eigenvalue weighted by Gasteiger charge is -2.26. The monoisotopic (exact) mass is 299 g/mol. The Hall–Kier alpha value is -1.34. The van der Waals surface area contributed by atoms with Gasteiger partial charge in [-0.3, -0.25) is 9.59 Å². The predicted octanol–water partition coefficient (Wildman–Crippen LogP) is 1.18. The smallest absolute Gasteiger partial charge is 0.326 e. The van der Waals surface area contributed by atoms with Crippen molar-refractivity contribution in [2.75, 3.05) is 19.4 Å². The average Bonchev–Trinajstić information content (AvgIpc) is 2.43. The van der Waals surface area contributed by atoms with Crippen molar-refractivity contribution in [1.82, 2.24) is 15.3 Å². The van der Waals surface area contributed by atoms with Crippen molar-refractivity contribution in [2.45, 2.75) is 37.4 Å². The molecule has 1 atom stereocenters. The highest BCUT2D eigenvalue weighted by Crippen LogP contribution is 2.18. The maximum Gasteiger partial charge on any atom is 0.326 e. The molecule has 112 valence electrons. The molecule has 0 spiro atoms. The van der Waals surface area contributed by atoms with E-state index < -0.39 is 5.54 Å². The number of esters is 1. The molecule has 0 saturated heterocycles. The van der Waals surface area contributed by atoms with Gasteiger partial charge in [0, 0.05) is 18.0 Å². The number of carbonyl (C=O) groups is 1. The van der Waals surface area contributed by atoms with Crippen LogP contribution in [-0.4, -0.2) is 40.9 Å². The molecular formula is C13H21N3O3S. The molecule has 6 nitrogen and oxygen atoms in total. The lowest BCUT2D eigenvalue weighted by molar-refractivity contribution is -0.150. The summed E-state index contributed by atoms with van der Waals surface area (Å²) >= 11 is 1.46. The van der Waals surface area contributed by atoms with Crippen LogP contribution >= 0.6 is 11.8 Å². The van der Waals surface area contributed by atoms with Gasteiger partial charge in [-0.15, -0.1) is 0 Å². The number of hydrogen-bond acceptors (Lipinski definition) is 6. The first-order valence-corrected chi connectivity index (χ1v) is 7.54. The summed E-state index contributed by atoms with van der Waals surface area (Å²) < 4.78 is 5.06. The zero-order valence-corrected chi connectivity index (χ0v) is 12.9. The minimum atomic E-state index is -0.673. The lowest BCUT2D eigenvalue weighted by Crippen LogP contribution is -2.48. The third-order valence-electron chi connectivity index (χ3n) is 2.99. The van der Waals surface area contributed by atoms with Gasteiger partial charge in [0.2, 0.25) is 0 Å². The van der Waals surface area contributed by atoms with E-state index in [2.05, 4.69) is 15.3 Å². The second-order valence-electron chi connectivity index (χ2n) is 4.49. The maximum atomic E-state index is 11.9. The first-order valence-electron chi connectivity index (χ1n) is 6.56.